The molecular weight excluding hydrogens is 308 g/mol. The molecule has 1 aromatic rings. The Kier molecular flexibility index (Phi) is 4.05. The van der Waals surface area contributed by atoms with E-state index < -0.39 is 0 Å². The molecule has 2 unspecified atom stereocenters. The van der Waals surface area contributed by atoms with Gasteiger partial charge in [0.1, 0.15) is 0 Å². The zero-order valence-corrected chi connectivity index (χ0v) is 14.0. The molecule has 2 heterocycles. The van der Waals surface area contributed by atoms with Crippen LogP contribution in [0.2, 0.25) is 0 Å². The Hall–Kier alpha value is -1.49. The number of aryl methyl sites for hydroxylation is 2. The fourth-order valence-electron chi connectivity index (χ4n) is 3.53. The molecule has 23 heavy (non-hydrogen) atoms. The van der Waals surface area contributed by atoms with E-state index in [-0.39, 0.29) is 23.1 Å². The van der Waals surface area contributed by atoms with E-state index >= 15 is 0 Å². The third kappa shape index (κ3) is 2.87. The van der Waals surface area contributed by atoms with Gasteiger partial charge in [0, 0.05) is 18.7 Å². The van der Waals surface area contributed by atoms with Crippen LogP contribution in [-0.4, -0.2) is 46.8 Å². The first-order valence-electron chi connectivity index (χ1n) is 8.54. The summed E-state index contributed by atoms with van der Waals surface area (Å²) in [6.07, 6.45) is 5.33. The average Bonchev–Trinajstić information content (AvgIpc) is 3.01. The summed E-state index contributed by atoms with van der Waals surface area (Å²) in [4.78, 5) is 26.6. The van der Waals surface area contributed by atoms with Crippen LogP contribution in [0.1, 0.15) is 40.7 Å². The first-order chi connectivity index (χ1) is 11.2. The second-order valence-corrected chi connectivity index (χ2v) is 7.98. The van der Waals surface area contributed by atoms with Gasteiger partial charge in [0.05, 0.1) is 11.3 Å². The van der Waals surface area contributed by atoms with Crippen molar-refractivity contribution in [3.05, 3.63) is 34.9 Å². The molecular formula is C18H22N2O2S. The van der Waals surface area contributed by atoms with Crippen molar-refractivity contribution >= 4 is 23.6 Å². The standard InChI is InChI=1S/C18H22N2O2S/c21-17(16-2-1-9-23-16)19-11-15-7-8-20(15)18(22)14-6-4-12-3-5-13(12)10-14/h4,6,10,15-16H,1-3,5,7-9,11H2,(H,19,21). The largest absolute Gasteiger partial charge is 0.353 e. The molecule has 0 bridgehead atoms. The van der Waals surface area contributed by atoms with E-state index in [4.69, 9.17) is 0 Å². The quantitative estimate of drug-likeness (QED) is 0.919. The molecule has 1 N–H and O–H groups in total. The number of benzene rings is 1. The van der Waals surface area contributed by atoms with Gasteiger partial charge in [-0.05, 0) is 61.1 Å². The van der Waals surface area contributed by atoms with Gasteiger partial charge in [-0.1, -0.05) is 6.07 Å². The Labute approximate surface area is 141 Å². The van der Waals surface area contributed by atoms with Crippen molar-refractivity contribution < 1.29 is 9.59 Å². The lowest BCUT2D eigenvalue weighted by Crippen LogP contribution is -2.56. The zero-order chi connectivity index (χ0) is 15.8. The molecule has 5 heteroatoms. The minimum Gasteiger partial charge on any atom is -0.353 e. The maximum Gasteiger partial charge on any atom is 0.254 e. The number of carbonyl (C=O) groups is 2. The highest BCUT2D eigenvalue weighted by atomic mass is 32.2. The molecule has 0 spiro atoms. The van der Waals surface area contributed by atoms with E-state index in [2.05, 4.69) is 11.4 Å². The van der Waals surface area contributed by atoms with Gasteiger partial charge in [0.2, 0.25) is 5.91 Å². The fourth-order valence-corrected chi connectivity index (χ4v) is 4.72. The zero-order valence-electron chi connectivity index (χ0n) is 13.2. The number of nitrogens with zero attached hydrogens (tertiary/aromatic N) is 1. The van der Waals surface area contributed by atoms with Crippen LogP contribution < -0.4 is 5.32 Å². The minimum absolute atomic E-state index is 0.112. The molecule has 122 valence electrons. The number of likely N-dealkylation sites (tertiary alicyclic amines) is 1. The fraction of sp³-hybridized carbons (Fsp3) is 0.556. The average molecular weight is 330 g/mol. The van der Waals surface area contributed by atoms with Gasteiger partial charge >= 0.3 is 0 Å². The van der Waals surface area contributed by atoms with Crippen molar-refractivity contribution in [3.63, 3.8) is 0 Å². The summed E-state index contributed by atoms with van der Waals surface area (Å²) in [7, 11) is 0. The van der Waals surface area contributed by atoms with Crippen molar-refractivity contribution in [1.29, 1.82) is 0 Å². The lowest BCUT2D eigenvalue weighted by atomic mass is 9.87. The monoisotopic (exact) mass is 330 g/mol. The Morgan fingerprint density at radius 1 is 1.22 bits per heavy atom. The van der Waals surface area contributed by atoms with Gasteiger partial charge in [0.15, 0.2) is 0 Å². The van der Waals surface area contributed by atoms with E-state index in [1.165, 1.54) is 11.1 Å². The molecule has 2 atom stereocenters. The number of hydrogen-bond acceptors (Lipinski definition) is 3. The molecule has 2 aliphatic heterocycles. The number of rotatable bonds is 4. The highest BCUT2D eigenvalue weighted by molar-refractivity contribution is 8.00. The van der Waals surface area contributed by atoms with Crippen LogP contribution in [0.4, 0.5) is 0 Å². The topological polar surface area (TPSA) is 49.4 Å². The van der Waals surface area contributed by atoms with Gasteiger partial charge in [-0.15, -0.1) is 11.8 Å². The molecule has 0 saturated carbocycles. The van der Waals surface area contributed by atoms with Gasteiger partial charge in [-0.25, -0.2) is 0 Å². The lowest BCUT2D eigenvalue weighted by molar-refractivity contribution is -0.121. The summed E-state index contributed by atoms with van der Waals surface area (Å²) >= 11 is 1.75. The van der Waals surface area contributed by atoms with Crippen molar-refractivity contribution in [2.45, 2.75) is 43.4 Å². The summed E-state index contributed by atoms with van der Waals surface area (Å²) in [5.41, 5.74) is 3.49. The molecule has 0 aromatic heterocycles. The van der Waals surface area contributed by atoms with Crippen LogP contribution in [0.15, 0.2) is 18.2 Å². The van der Waals surface area contributed by atoms with Crippen molar-refractivity contribution in [1.82, 2.24) is 10.2 Å². The van der Waals surface area contributed by atoms with Crippen LogP contribution in [-0.2, 0) is 17.6 Å². The summed E-state index contributed by atoms with van der Waals surface area (Å²) in [6.45, 7) is 1.39. The second-order valence-electron chi connectivity index (χ2n) is 6.67. The normalized spacial score (nSPS) is 25.3. The molecule has 0 radical (unpaired) electrons. The number of hydrogen-bond donors (Lipinski definition) is 1. The minimum atomic E-state index is 0.112. The first kappa shape index (κ1) is 15.1. The van der Waals surface area contributed by atoms with Crippen LogP contribution in [0.25, 0.3) is 0 Å². The summed E-state index contributed by atoms with van der Waals surface area (Å²) in [5.74, 6) is 1.35. The van der Waals surface area contributed by atoms with Crippen LogP contribution >= 0.6 is 11.8 Å². The number of carbonyl (C=O) groups excluding carboxylic acids is 2. The highest BCUT2D eigenvalue weighted by Crippen LogP contribution is 2.28. The predicted octanol–water partition coefficient (Wildman–Crippen LogP) is 2.01. The van der Waals surface area contributed by atoms with Gasteiger partial charge in [0.25, 0.3) is 5.91 Å². The molecule has 3 aliphatic rings. The van der Waals surface area contributed by atoms with Gasteiger partial charge < -0.3 is 10.2 Å². The number of nitrogens with one attached hydrogen (secondary N) is 1. The van der Waals surface area contributed by atoms with E-state index in [1.807, 2.05) is 17.0 Å². The third-order valence-corrected chi connectivity index (χ3v) is 6.63. The lowest BCUT2D eigenvalue weighted by Gasteiger charge is -2.41. The summed E-state index contributed by atoms with van der Waals surface area (Å²) in [6, 6.07) is 6.23. The van der Waals surface area contributed by atoms with E-state index in [1.54, 1.807) is 11.8 Å². The van der Waals surface area contributed by atoms with Crippen molar-refractivity contribution in [3.8, 4) is 0 Å². The van der Waals surface area contributed by atoms with Gasteiger partial charge in [-0.2, -0.15) is 0 Å². The first-order valence-corrected chi connectivity index (χ1v) is 9.59. The molecule has 1 aliphatic carbocycles. The summed E-state index contributed by atoms with van der Waals surface area (Å²) < 4.78 is 0. The van der Waals surface area contributed by atoms with Gasteiger partial charge in [-0.3, -0.25) is 9.59 Å². The number of fused-ring (bicyclic) bond motifs is 1. The molecule has 1 aromatic carbocycles. The van der Waals surface area contributed by atoms with Crippen molar-refractivity contribution in [2.24, 2.45) is 0 Å². The van der Waals surface area contributed by atoms with Crippen molar-refractivity contribution in [2.75, 3.05) is 18.8 Å². The molecule has 4 rings (SSSR count). The van der Waals surface area contributed by atoms with Crippen LogP contribution in [0.3, 0.4) is 0 Å². The Morgan fingerprint density at radius 2 is 2.09 bits per heavy atom. The SMILES string of the molecule is O=C(NCC1CCN1C(=O)c1ccc2c(c1)CC2)C1CCCS1. The molecule has 4 nitrogen and oxygen atoms in total. The molecule has 2 amide bonds. The third-order valence-electron chi connectivity index (χ3n) is 5.26. The second kappa shape index (κ2) is 6.19. The molecule has 2 saturated heterocycles. The van der Waals surface area contributed by atoms with E-state index in [9.17, 15) is 9.59 Å². The van der Waals surface area contributed by atoms with Crippen LogP contribution in [0, 0.1) is 0 Å². The Bertz CT molecular complexity index is 640. The molecule has 2 fully saturated rings. The summed E-state index contributed by atoms with van der Waals surface area (Å²) in [5, 5.41) is 3.16. The Morgan fingerprint density at radius 3 is 2.70 bits per heavy atom. The van der Waals surface area contributed by atoms with E-state index in [0.717, 1.165) is 50.0 Å². The van der Waals surface area contributed by atoms with E-state index in [0.29, 0.717) is 6.54 Å². The maximum atomic E-state index is 12.6. The number of thioether (sulfide) groups is 1. The Balaban J connectivity index is 1.33. The predicted molar refractivity (Wildman–Crippen MR) is 91.8 cm³/mol. The highest BCUT2D eigenvalue weighted by Gasteiger charge is 2.34. The smallest absolute Gasteiger partial charge is 0.254 e. The van der Waals surface area contributed by atoms with Crippen LogP contribution in [0.5, 0.6) is 0 Å². The maximum absolute atomic E-state index is 12.6. The number of amides is 2.